The molecule has 2 aromatic carbocycles. The van der Waals surface area contributed by atoms with E-state index >= 15 is 0 Å². The molecule has 0 aliphatic rings. The van der Waals surface area contributed by atoms with Crippen LogP contribution >= 0.6 is 0 Å². The topological polar surface area (TPSA) is 57.8 Å². The number of anilines is 1. The number of H-pyrrole nitrogens is 1. The number of hydrogen-bond acceptors (Lipinski definition) is 2. The summed E-state index contributed by atoms with van der Waals surface area (Å²) in [4.78, 5) is 11.9. The largest absolute Gasteiger partial charge is 0.326 e. The summed E-state index contributed by atoms with van der Waals surface area (Å²) in [5, 5.41) is 10.8. The van der Waals surface area contributed by atoms with Crippen molar-refractivity contribution < 1.29 is 4.79 Å². The highest BCUT2D eigenvalue weighted by atomic mass is 16.1. The molecular weight excluding hydrogens is 262 g/mol. The van der Waals surface area contributed by atoms with Gasteiger partial charge in [0, 0.05) is 17.5 Å². The second-order valence-corrected chi connectivity index (χ2v) is 5.06. The van der Waals surface area contributed by atoms with E-state index in [1.165, 1.54) is 5.56 Å². The van der Waals surface area contributed by atoms with E-state index < -0.39 is 0 Å². The maximum atomic E-state index is 11.9. The lowest BCUT2D eigenvalue weighted by molar-refractivity contribution is -0.116. The molecule has 0 fully saturated rings. The quantitative estimate of drug-likeness (QED) is 0.750. The monoisotopic (exact) mass is 279 g/mol. The zero-order valence-corrected chi connectivity index (χ0v) is 11.7. The Hall–Kier alpha value is -2.62. The van der Waals surface area contributed by atoms with Crippen LogP contribution in [0.25, 0.3) is 10.9 Å². The summed E-state index contributed by atoms with van der Waals surface area (Å²) in [5.41, 5.74) is 3.05. The van der Waals surface area contributed by atoms with E-state index in [0.717, 1.165) is 29.4 Å². The molecule has 106 valence electrons. The minimum atomic E-state index is 0.0498. The van der Waals surface area contributed by atoms with Crippen molar-refractivity contribution in [3.8, 4) is 0 Å². The number of carbonyl (C=O) groups excluding carboxylic acids is 1. The average molecular weight is 279 g/mol. The second kappa shape index (κ2) is 6.22. The number of nitrogens with one attached hydrogen (secondary N) is 2. The van der Waals surface area contributed by atoms with E-state index in [-0.39, 0.29) is 5.91 Å². The van der Waals surface area contributed by atoms with Crippen molar-refractivity contribution in [1.82, 2.24) is 10.2 Å². The highest BCUT2D eigenvalue weighted by molar-refractivity contribution is 5.93. The van der Waals surface area contributed by atoms with Crippen LogP contribution in [0.5, 0.6) is 0 Å². The zero-order valence-electron chi connectivity index (χ0n) is 11.7. The van der Waals surface area contributed by atoms with Gasteiger partial charge in [0.2, 0.25) is 5.91 Å². The number of carbonyl (C=O) groups is 1. The summed E-state index contributed by atoms with van der Waals surface area (Å²) in [6.07, 6.45) is 4.05. The van der Waals surface area contributed by atoms with Gasteiger partial charge in [-0.25, -0.2) is 0 Å². The number of nitrogens with zero attached hydrogens (tertiary/aromatic N) is 1. The van der Waals surface area contributed by atoms with Crippen molar-refractivity contribution in [3.63, 3.8) is 0 Å². The van der Waals surface area contributed by atoms with Gasteiger partial charge in [-0.15, -0.1) is 0 Å². The molecule has 0 atom stereocenters. The minimum absolute atomic E-state index is 0.0498. The summed E-state index contributed by atoms with van der Waals surface area (Å²) in [5.74, 6) is 0.0498. The fourth-order valence-corrected chi connectivity index (χ4v) is 2.34. The van der Waals surface area contributed by atoms with Gasteiger partial charge in [-0.3, -0.25) is 9.89 Å². The van der Waals surface area contributed by atoms with E-state index in [4.69, 9.17) is 0 Å². The van der Waals surface area contributed by atoms with Crippen molar-refractivity contribution in [3.05, 3.63) is 60.3 Å². The fraction of sp³-hybridized carbons (Fsp3) is 0.176. The molecule has 0 spiro atoms. The number of benzene rings is 2. The Kier molecular flexibility index (Phi) is 3.96. The van der Waals surface area contributed by atoms with Crippen LogP contribution in [-0.2, 0) is 11.2 Å². The normalized spacial score (nSPS) is 10.7. The lowest BCUT2D eigenvalue weighted by Crippen LogP contribution is -2.11. The molecule has 0 bridgehead atoms. The number of aryl methyl sites for hydroxylation is 1. The van der Waals surface area contributed by atoms with Crippen molar-refractivity contribution in [2.24, 2.45) is 0 Å². The van der Waals surface area contributed by atoms with E-state index in [2.05, 4.69) is 27.6 Å². The molecule has 0 saturated heterocycles. The third-order valence-electron chi connectivity index (χ3n) is 3.44. The van der Waals surface area contributed by atoms with Crippen molar-refractivity contribution in [2.75, 3.05) is 5.32 Å². The molecule has 1 aromatic heterocycles. The molecular formula is C17H17N3O. The first-order valence-electron chi connectivity index (χ1n) is 7.08. The highest BCUT2D eigenvalue weighted by Gasteiger charge is 2.04. The Bertz CT molecular complexity index is 734. The van der Waals surface area contributed by atoms with Gasteiger partial charge in [0.25, 0.3) is 0 Å². The molecule has 4 heteroatoms. The number of aromatic amines is 1. The Morgan fingerprint density at radius 3 is 2.86 bits per heavy atom. The fourth-order valence-electron chi connectivity index (χ4n) is 2.34. The van der Waals surface area contributed by atoms with E-state index in [1.54, 1.807) is 6.20 Å². The van der Waals surface area contributed by atoms with Gasteiger partial charge in [0.05, 0.1) is 11.7 Å². The van der Waals surface area contributed by atoms with Crippen molar-refractivity contribution in [1.29, 1.82) is 0 Å². The number of rotatable bonds is 5. The summed E-state index contributed by atoms with van der Waals surface area (Å²) in [6, 6.07) is 16.0. The Morgan fingerprint density at radius 1 is 1.14 bits per heavy atom. The molecule has 0 aliphatic heterocycles. The Balaban J connectivity index is 1.51. The average Bonchev–Trinajstić information content (AvgIpc) is 2.96. The number of hydrogen-bond donors (Lipinski definition) is 2. The second-order valence-electron chi connectivity index (χ2n) is 5.06. The summed E-state index contributed by atoms with van der Waals surface area (Å²) < 4.78 is 0. The predicted octanol–water partition coefficient (Wildman–Crippen LogP) is 3.52. The molecule has 0 radical (unpaired) electrons. The SMILES string of the molecule is O=C(CCCc1ccccc1)Nc1ccc2[nH]ncc2c1. The van der Waals surface area contributed by atoms with E-state index in [0.29, 0.717) is 6.42 Å². The van der Waals surface area contributed by atoms with Crippen molar-refractivity contribution in [2.45, 2.75) is 19.3 Å². The number of fused-ring (bicyclic) bond motifs is 1. The maximum Gasteiger partial charge on any atom is 0.224 e. The first kappa shape index (κ1) is 13.4. The van der Waals surface area contributed by atoms with Gasteiger partial charge in [-0.05, 0) is 36.6 Å². The summed E-state index contributed by atoms with van der Waals surface area (Å²) in [6.45, 7) is 0. The van der Waals surface area contributed by atoms with E-state index in [9.17, 15) is 4.79 Å². The Labute approximate surface area is 123 Å². The van der Waals surface area contributed by atoms with Crippen LogP contribution in [0.2, 0.25) is 0 Å². The highest BCUT2D eigenvalue weighted by Crippen LogP contribution is 2.17. The van der Waals surface area contributed by atoms with Crippen LogP contribution in [0.3, 0.4) is 0 Å². The first-order valence-corrected chi connectivity index (χ1v) is 7.08. The molecule has 0 saturated carbocycles. The standard InChI is InChI=1S/C17H17N3O/c21-17(8-4-7-13-5-2-1-3-6-13)19-15-9-10-16-14(11-15)12-18-20-16/h1-3,5-6,9-12H,4,7-8H2,(H,18,20)(H,19,21). The van der Waals surface area contributed by atoms with Gasteiger partial charge in [0.15, 0.2) is 0 Å². The molecule has 4 nitrogen and oxygen atoms in total. The molecule has 0 aliphatic carbocycles. The smallest absolute Gasteiger partial charge is 0.224 e. The number of aromatic nitrogens is 2. The molecule has 21 heavy (non-hydrogen) atoms. The van der Waals surface area contributed by atoms with Crippen LogP contribution < -0.4 is 5.32 Å². The molecule has 1 amide bonds. The van der Waals surface area contributed by atoms with E-state index in [1.807, 2.05) is 36.4 Å². The lowest BCUT2D eigenvalue weighted by atomic mass is 10.1. The van der Waals surface area contributed by atoms with Crippen LogP contribution in [0, 0.1) is 0 Å². The zero-order chi connectivity index (χ0) is 14.5. The summed E-state index contributed by atoms with van der Waals surface area (Å²) >= 11 is 0. The van der Waals surface area contributed by atoms with Crippen LogP contribution in [0.15, 0.2) is 54.7 Å². The summed E-state index contributed by atoms with van der Waals surface area (Å²) in [7, 11) is 0. The Morgan fingerprint density at radius 2 is 2.00 bits per heavy atom. The predicted molar refractivity (Wildman–Crippen MR) is 84.1 cm³/mol. The molecule has 1 heterocycles. The van der Waals surface area contributed by atoms with Gasteiger partial charge in [0.1, 0.15) is 0 Å². The molecule has 3 rings (SSSR count). The van der Waals surface area contributed by atoms with Crippen molar-refractivity contribution >= 4 is 22.5 Å². The minimum Gasteiger partial charge on any atom is -0.326 e. The molecule has 2 N–H and O–H groups in total. The van der Waals surface area contributed by atoms with Gasteiger partial charge in [-0.2, -0.15) is 5.10 Å². The van der Waals surface area contributed by atoms with Crippen LogP contribution in [0.4, 0.5) is 5.69 Å². The third-order valence-corrected chi connectivity index (χ3v) is 3.44. The van der Waals surface area contributed by atoms with Gasteiger partial charge < -0.3 is 5.32 Å². The molecule has 0 unspecified atom stereocenters. The van der Waals surface area contributed by atoms with Gasteiger partial charge in [-0.1, -0.05) is 30.3 Å². The van der Waals surface area contributed by atoms with Gasteiger partial charge >= 0.3 is 0 Å². The lowest BCUT2D eigenvalue weighted by Gasteiger charge is -2.05. The van der Waals surface area contributed by atoms with Crippen LogP contribution in [-0.4, -0.2) is 16.1 Å². The first-order chi connectivity index (χ1) is 10.3. The number of amides is 1. The molecule has 3 aromatic rings. The third kappa shape index (κ3) is 3.48. The maximum absolute atomic E-state index is 11.9. The van der Waals surface area contributed by atoms with Crippen LogP contribution in [0.1, 0.15) is 18.4 Å².